The van der Waals surface area contributed by atoms with E-state index in [1.54, 1.807) is 6.26 Å². The van der Waals surface area contributed by atoms with Crippen molar-refractivity contribution < 1.29 is 30.4 Å². The standard InChI is InChI=1S/C3H2F5O2S/c1-11(9,10)3(7,8)2(4,5)6/h1H2. The summed E-state index contributed by atoms with van der Waals surface area (Å²) in [5, 5.41) is -5.76. The molecule has 0 fully saturated rings. The minimum Gasteiger partial charge on any atom is -0.222 e. The van der Waals surface area contributed by atoms with Gasteiger partial charge >= 0.3 is 11.4 Å². The van der Waals surface area contributed by atoms with Crippen LogP contribution in [0, 0.1) is 6.26 Å². The van der Waals surface area contributed by atoms with Gasteiger partial charge in [-0.3, -0.25) is 0 Å². The van der Waals surface area contributed by atoms with E-state index in [2.05, 4.69) is 0 Å². The second-order valence-corrected chi connectivity index (χ2v) is 3.37. The molecule has 0 rings (SSSR count). The first-order valence-corrected chi connectivity index (χ1v) is 3.67. The SMILES string of the molecule is [CH2]S(=O)(=O)C(F)(F)C(F)(F)F. The lowest BCUT2D eigenvalue weighted by molar-refractivity contribution is -0.240. The van der Waals surface area contributed by atoms with Gasteiger partial charge in [0.15, 0.2) is 0 Å². The van der Waals surface area contributed by atoms with Crippen molar-refractivity contribution in [3.05, 3.63) is 6.26 Å². The lowest BCUT2D eigenvalue weighted by Crippen LogP contribution is -2.42. The molecule has 2 nitrogen and oxygen atoms in total. The smallest absolute Gasteiger partial charge is 0.222 e. The molecule has 0 unspecified atom stereocenters. The average molecular weight is 197 g/mol. The lowest BCUT2D eigenvalue weighted by atomic mass is 10.7. The fraction of sp³-hybridized carbons (Fsp3) is 0.667. The third kappa shape index (κ3) is 1.79. The first-order valence-electron chi connectivity index (χ1n) is 2.02. The Bertz CT molecular complexity index is 237. The van der Waals surface area contributed by atoms with E-state index in [4.69, 9.17) is 0 Å². The highest BCUT2D eigenvalue weighted by Crippen LogP contribution is 2.39. The number of halogens is 5. The first kappa shape index (κ1) is 10.6. The molecule has 0 aliphatic rings. The summed E-state index contributed by atoms with van der Waals surface area (Å²) >= 11 is 0. The Morgan fingerprint density at radius 3 is 1.27 bits per heavy atom. The van der Waals surface area contributed by atoms with Gasteiger partial charge in [-0.2, -0.15) is 22.0 Å². The van der Waals surface area contributed by atoms with Gasteiger partial charge in [0.1, 0.15) is 0 Å². The zero-order valence-electron chi connectivity index (χ0n) is 4.82. The van der Waals surface area contributed by atoms with E-state index in [1.165, 1.54) is 0 Å². The van der Waals surface area contributed by atoms with E-state index < -0.39 is 21.3 Å². The summed E-state index contributed by atoms with van der Waals surface area (Å²) in [6, 6.07) is 0. The minimum absolute atomic E-state index is 1.71. The fourth-order valence-corrected chi connectivity index (χ4v) is 0.529. The van der Waals surface area contributed by atoms with E-state index in [-0.39, 0.29) is 0 Å². The van der Waals surface area contributed by atoms with Crippen molar-refractivity contribution in [3.8, 4) is 0 Å². The maximum atomic E-state index is 11.7. The van der Waals surface area contributed by atoms with Crippen LogP contribution in [0.2, 0.25) is 0 Å². The number of rotatable bonds is 1. The Labute approximate surface area is 58.9 Å². The summed E-state index contributed by atoms with van der Waals surface area (Å²) < 4.78 is 76.2. The van der Waals surface area contributed by atoms with Gasteiger partial charge in [0, 0.05) is 0 Å². The monoisotopic (exact) mass is 197 g/mol. The minimum atomic E-state index is -6.10. The largest absolute Gasteiger partial charge is 0.469 e. The van der Waals surface area contributed by atoms with Crippen molar-refractivity contribution in [2.75, 3.05) is 0 Å². The highest BCUT2D eigenvalue weighted by atomic mass is 32.2. The third-order valence-corrected chi connectivity index (χ3v) is 1.73. The number of hydrogen-bond donors (Lipinski definition) is 0. The van der Waals surface area contributed by atoms with Gasteiger partial charge in [-0.05, 0) is 0 Å². The van der Waals surface area contributed by atoms with Crippen LogP contribution in [0.4, 0.5) is 22.0 Å². The van der Waals surface area contributed by atoms with Crippen LogP contribution in [0.3, 0.4) is 0 Å². The van der Waals surface area contributed by atoms with Crippen LogP contribution in [0.5, 0.6) is 0 Å². The molecule has 1 radical (unpaired) electrons. The number of hydrogen-bond acceptors (Lipinski definition) is 2. The molecule has 0 bridgehead atoms. The van der Waals surface area contributed by atoms with Gasteiger partial charge < -0.3 is 0 Å². The molecule has 0 heterocycles. The summed E-state index contributed by atoms with van der Waals surface area (Å²) in [5.74, 6) is 0. The molecular formula is C3H2F5O2S. The van der Waals surface area contributed by atoms with Crippen LogP contribution < -0.4 is 0 Å². The number of sulfone groups is 1. The highest BCUT2D eigenvalue weighted by Gasteiger charge is 2.65. The fourth-order valence-electron chi connectivity index (χ4n) is 0.176. The van der Waals surface area contributed by atoms with Gasteiger partial charge in [-0.15, -0.1) is 0 Å². The predicted molar refractivity (Wildman–Crippen MR) is 25.3 cm³/mol. The molecule has 8 heteroatoms. The van der Waals surface area contributed by atoms with E-state index in [0.717, 1.165) is 0 Å². The van der Waals surface area contributed by atoms with Crippen molar-refractivity contribution in [1.29, 1.82) is 0 Å². The summed E-state index contributed by atoms with van der Waals surface area (Å²) in [4.78, 5) is 0. The summed E-state index contributed by atoms with van der Waals surface area (Å²) in [6.45, 7) is 0. The molecule has 0 aromatic rings. The lowest BCUT2D eigenvalue weighted by Gasteiger charge is -2.16. The average Bonchev–Trinajstić information content (AvgIpc) is 1.58. The highest BCUT2D eigenvalue weighted by molar-refractivity contribution is 7.93. The Morgan fingerprint density at radius 1 is 1.00 bits per heavy atom. The second-order valence-electron chi connectivity index (χ2n) is 1.63. The van der Waals surface area contributed by atoms with Crippen molar-refractivity contribution in [3.63, 3.8) is 0 Å². The molecule has 0 aromatic heterocycles. The number of alkyl halides is 5. The molecule has 0 amide bonds. The van der Waals surface area contributed by atoms with Crippen LogP contribution in [0.1, 0.15) is 0 Å². The molecular weight excluding hydrogens is 195 g/mol. The summed E-state index contributed by atoms with van der Waals surface area (Å²) in [7, 11) is -5.67. The molecule has 67 valence electrons. The van der Waals surface area contributed by atoms with E-state index in [0.29, 0.717) is 0 Å². The van der Waals surface area contributed by atoms with Gasteiger partial charge in [-0.25, -0.2) is 8.42 Å². The zero-order chi connectivity index (χ0) is 9.50. The molecule has 0 N–H and O–H groups in total. The van der Waals surface area contributed by atoms with Gasteiger partial charge in [0.25, 0.3) is 0 Å². The van der Waals surface area contributed by atoms with Gasteiger partial charge in [-0.1, -0.05) is 0 Å². The third-order valence-electron chi connectivity index (χ3n) is 0.721. The Kier molecular flexibility index (Phi) is 2.21. The van der Waals surface area contributed by atoms with Crippen molar-refractivity contribution in [2.24, 2.45) is 0 Å². The molecule has 0 atom stereocenters. The molecule has 0 aromatic carbocycles. The molecule has 0 saturated heterocycles. The van der Waals surface area contributed by atoms with Crippen molar-refractivity contribution >= 4 is 9.84 Å². The molecule has 0 spiro atoms. The van der Waals surface area contributed by atoms with Crippen LogP contribution in [0.25, 0.3) is 0 Å². The topological polar surface area (TPSA) is 34.1 Å². The summed E-state index contributed by atoms with van der Waals surface area (Å²) in [5.41, 5.74) is 0. The molecule has 0 saturated carbocycles. The van der Waals surface area contributed by atoms with Crippen molar-refractivity contribution in [2.45, 2.75) is 11.4 Å². The molecule has 0 aliphatic carbocycles. The van der Waals surface area contributed by atoms with Crippen LogP contribution in [0.15, 0.2) is 0 Å². The zero-order valence-corrected chi connectivity index (χ0v) is 5.64. The Morgan fingerprint density at radius 2 is 1.27 bits per heavy atom. The van der Waals surface area contributed by atoms with Crippen LogP contribution in [-0.4, -0.2) is 19.8 Å². The predicted octanol–water partition coefficient (Wildman–Crippen LogP) is 1.35. The van der Waals surface area contributed by atoms with E-state index in [9.17, 15) is 30.4 Å². The maximum absolute atomic E-state index is 11.7. The quantitative estimate of drug-likeness (QED) is 0.594. The normalized spacial score (nSPS) is 15.1. The first-order chi connectivity index (χ1) is 4.50. The van der Waals surface area contributed by atoms with E-state index >= 15 is 0 Å². The van der Waals surface area contributed by atoms with E-state index in [1.807, 2.05) is 0 Å². The second kappa shape index (κ2) is 2.29. The summed E-state index contributed by atoms with van der Waals surface area (Å²) in [6.07, 6.45) is -4.39. The molecule has 0 aliphatic heterocycles. The van der Waals surface area contributed by atoms with Crippen molar-refractivity contribution in [1.82, 2.24) is 0 Å². The maximum Gasteiger partial charge on any atom is 0.469 e. The van der Waals surface area contributed by atoms with Gasteiger partial charge in [0.05, 0.1) is 6.26 Å². The van der Waals surface area contributed by atoms with Gasteiger partial charge in [0.2, 0.25) is 9.84 Å². The molecule has 11 heavy (non-hydrogen) atoms. The Hall–Kier alpha value is -0.400. The Balaban J connectivity index is 5.08. The van der Waals surface area contributed by atoms with Crippen LogP contribution in [-0.2, 0) is 9.84 Å². The van der Waals surface area contributed by atoms with Crippen LogP contribution >= 0.6 is 0 Å².